The highest BCUT2D eigenvalue weighted by Gasteiger charge is 2.18. The average Bonchev–Trinajstić information content (AvgIpc) is 2.79. The average molecular weight is 450 g/mol. The number of amides is 2. The van der Waals surface area contributed by atoms with Crippen molar-refractivity contribution in [3.8, 4) is 0 Å². The Morgan fingerprint density at radius 2 is 1.62 bits per heavy atom. The molecule has 2 amide bonds. The summed E-state index contributed by atoms with van der Waals surface area (Å²) in [6, 6.07) is 24.1. The first-order valence-electron chi connectivity index (χ1n) is 10.6. The monoisotopic (exact) mass is 449 g/mol. The number of likely N-dealkylation sites (N-methyl/N-ethyl adjacent to an activating group) is 1. The van der Waals surface area contributed by atoms with Gasteiger partial charge in [-0.05, 0) is 62.4 Å². The predicted molar refractivity (Wildman–Crippen MR) is 130 cm³/mol. The van der Waals surface area contributed by atoms with Gasteiger partial charge in [0, 0.05) is 22.3 Å². The molecule has 0 bridgehead atoms. The first kappa shape index (κ1) is 23.5. The molecule has 32 heavy (non-hydrogen) atoms. The maximum atomic E-state index is 12.6. The van der Waals surface area contributed by atoms with Crippen LogP contribution >= 0.6 is 11.6 Å². The molecule has 0 aromatic heterocycles. The summed E-state index contributed by atoms with van der Waals surface area (Å²) in [7, 11) is 1.90. The maximum absolute atomic E-state index is 12.6. The minimum Gasteiger partial charge on any atom is -0.348 e. The lowest BCUT2D eigenvalue weighted by atomic mass is 10.1. The third-order valence-corrected chi connectivity index (χ3v) is 5.81. The SMILES string of the molecule is CC(NC(=O)CN(C)C(C)c1cccc(NC(=O)c2ccccc2)c1)c1ccccc1Cl. The molecule has 3 rings (SSSR count). The maximum Gasteiger partial charge on any atom is 0.255 e. The summed E-state index contributed by atoms with van der Waals surface area (Å²) in [6.07, 6.45) is 0. The zero-order valence-electron chi connectivity index (χ0n) is 18.5. The molecule has 0 aliphatic carbocycles. The van der Waals surface area contributed by atoms with Crippen LogP contribution < -0.4 is 10.6 Å². The van der Waals surface area contributed by atoms with E-state index in [0.717, 1.165) is 11.1 Å². The summed E-state index contributed by atoms with van der Waals surface area (Å²) in [4.78, 5) is 27.0. The second-order valence-corrected chi connectivity index (χ2v) is 8.25. The van der Waals surface area contributed by atoms with Gasteiger partial charge in [-0.25, -0.2) is 0 Å². The van der Waals surface area contributed by atoms with Gasteiger partial charge in [0.2, 0.25) is 5.91 Å². The first-order chi connectivity index (χ1) is 15.3. The van der Waals surface area contributed by atoms with Crippen molar-refractivity contribution in [1.82, 2.24) is 10.2 Å². The normalized spacial score (nSPS) is 12.8. The van der Waals surface area contributed by atoms with Crippen LogP contribution in [0.4, 0.5) is 5.69 Å². The highest BCUT2D eigenvalue weighted by Crippen LogP contribution is 2.24. The summed E-state index contributed by atoms with van der Waals surface area (Å²) in [6.45, 7) is 4.18. The summed E-state index contributed by atoms with van der Waals surface area (Å²) in [5, 5.41) is 6.58. The van der Waals surface area contributed by atoms with Gasteiger partial charge in [0.25, 0.3) is 5.91 Å². The van der Waals surface area contributed by atoms with Crippen LogP contribution in [0.5, 0.6) is 0 Å². The zero-order chi connectivity index (χ0) is 23.1. The van der Waals surface area contributed by atoms with E-state index in [1.165, 1.54) is 0 Å². The molecule has 5 nitrogen and oxygen atoms in total. The standard InChI is InChI=1S/C26H28ClN3O2/c1-18(23-14-7-8-15-24(23)27)28-25(31)17-30(3)19(2)21-12-9-13-22(16-21)29-26(32)20-10-5-4-6-11-20/h4-16,18-19H,17H2,1-3H3,(H,28,31)(H,29,32). The number of hydrogen-bond donors (Lipinski definition) is 2. The molecule has 3 aromatic carbocycles. The first-order valence-corrected chi connectivity index (χ1v) is 10.9. The second-order valence-electron chi connectivity index (χ2n) is 7.85. The number of benzene rings is 3. The summed E-state index contributed by atoms with van der Waals surface area (Å²) >= 11 is 6.24. The number of nitrogens with one attached hydrogen (secondary N) is 2. The fourth-order valence-electron chi connectivity index (χ4n) is 3.48. The number of hydrogen-bond acceptors (Lipinski definition) is 3. The molecule has 0 fully saturated rings. The molecule has 0 saturated heterocycles. The highest BCUT2D eigenvalue weighted by atomic mass is 35.5. The van der Waals surface area contributed by atoms with Gasteiger partial charge >= 0.3 is 0 Å². The number of carbonyl (C=O) groups excluding carboxylic acids is 2. The van der Waals surface area contributed by atoms with Gasteiger partial charge in [0.15, 0.2) is 0 Å². The number of nitrogens with zero attached hydrogens (tertiary/aromatic N) is 1. The number of rotatable bonds is 8. The summed E-state index contributed by atoms with van der Waals surface area (Å²) in [5.41, 5.74) is 3.21. The molecule has 3 aromatic rings. The van der Waals surface area contributed by atoms with Crippen LogP contribution in [0.15, 0.2) is 78.9 Å². The van der Waals surface area contributed by atoms with Gasteiger partial charge in [-0.3, -0.25) is 14.5 Å². The molecule has 2 unspecified atom stereocenters. The Bertz CT molecular complexity index is 1070. The molecular weight excluding hydrogens is 422 g/mol. The Balaban J connectivity index is 1.60. The molecule has 0 heterocycles. The number of anilines is 1. The molecule has 6 heteroatoms. The molecule has 0 saturated carbocycles. The van der Waals surface area contributed by atoms with Crippen LogP contribution in [0.3, 0.4) is 0 Å². The van der Waals surface area contributed by atoms with Gasteiger partial charge in [0.05, 0.1) is 12.6 Å². The lowest BCUT2D eigenvalue weighted by Crippen LogP contribution is -2.37. The largest absolute Gasteiger partial charge is 0.348 e. The van der Waals surface area contributed by atoms with Crippen molar-refractivity contribution in [3.63, 3.8) is 0 Å². The predicted octanol–water partition coefficient (Wildman–Crippen LogP) is 5.46. The van der Waals surface area contributed by atoms with Crippen molar-refractivity contribution in [2.75, 3.05) is 18.9 Å². The second kappa shape index (κ2) is 10.9. The molecule has 166 valence electrons. The van der Waals surface area contributed by atoms with Crippen LogP contribution in [-0.2, 0) is 4.79 Å². The van der Waals surface area contributed by atoms with Crippen molar-refractivity contribution in [3.05, 3.63) is 101 Å². The molecular formula is C26H28ClN3O2. The molecule has 0 aliphatic rings. The molecule has 0 radical (unpaired) electrons. The van der Waals surface area contributed by atoms with E-state index in [0.29, 0.717) is 16.3 Å². The van der Waals surface area contributed by atoms with Gasteiger partial charge in [-0.2, -0.15) is 0 Å². The lowest BCUT2D eigenvalue weighted by molar-refractivity contribution is -0.123. The smallest absolute Gasteiger partial charge is 0.255 e. The lowest BCUT2D eigenvalue weighted by Gasteiger charge is -2.26. The Kier molecular flexibility index (Phi) is 8.03. The van der Waals surface area contributed by atoms with E-state index in [9.17, 15) is 9.59 Å². The van der Waals surface area contributed by atoms with Gasteiger partial charge in [0.1, 0.15) is 0 Å². The third kappa shape index (κ3) is 6.19. The minimum absolute atomic E-state index is 0.0232. The van der Waals surface area contributed by atoms with Gasteiger partial charge < -0.3 is 10.6 Å². The fourth-order valence-corrected chi connectivity index (χ4v) is 3.78. The van der Waals surface area contributed by atoms with Crippen molar-refractivity contribution in [2.24, 2.45) is 0 Å². The van der Waals surface area contributed by atoms with Crippen LogP contribution in [0, 0.1) is 0 Å². The van der Waals surface area contributed by atoms with E-state index >= 15 is 0 Å². The van der Waals surface area contributed by atoms with E-state index in [-0.39, 0.29) is 30.4 Å². The van der Waals surface area contributed by atoms with E-state index < -0.39 is 0 Å². The Hall–Kier alpha value is -3.15. The third-order valence-electron chi connectivity index (χ3n) is 5.47. The van der Waals surface area contributed by atoms with E-state index in [1.54, 1.807) is 12.1 Å². The molecule has 0 spiro atoms. The zero-order valence-corrected chi connectivity index (χ0v) is 19.3. The van der Waals surface area contributed by atoms with Crippen LogP contribution in [0.1, 0.15) is 47.4 Å². The summed E-state index contributed by atoms with van der Waals surface area (Å²) < 4.78 is 0. The fraction of sp³-hybridized carbons (Fsp3) is 0.231. The number of carbonyl (C=O) groups is 2. The minimum atomic E-state index is -0.184. The topological polar surface area (TPSA) is 61.4 Å². The van der Waals surface area contributed by atoms with Crippen molar-refractivity contribution >= 4 is 29.1 Å². The number of halogens is 1. The Morgan fingerprint density at radius 3 is 2.34 bits per heavy atom. The van der Waals surface area contributed by atoms with Crippen LogP contribution in [0.2, 0.25) is 5.02 Å². The van der Waals surface area contributed by atoms with E-state index in [1.807, 2.05) is 92.5 Å². The van der Waals surface area contributed by atoms with Crippen LogP contribution in [0.25, 0.3) is 0 Å². The van der Waals surface area contributed by atoms with E-state index in [4.69, 9.17) is 11.6 Å². The Labute approximate surface area is 194 Å². The molecule has 2 N–H and O–H groups in total. The van der Waals surface area contributed by atoms with Crippen molar-refractivity contribution < 1.29 is 9.59 Å². The molecule has 0 aliphatic heterocycles. The molecule has 2 atom stereocenters. The van der Waals surface area contributed by atoms with Crippen molar-refractivity contribution in [2.45, 2.75) is 25.9 Å². The van der Waals surface area contributed by atoms with Crippen LogP contribution in [-0.4, -0.2) is 30.3 Å². The van der Waals surface area contributed by atoms with Crippen molar-refractivity contribution in [1.29, 1.82) is 0 Å². The summed E-state index contributed by atoms with van der Waals surface area (Å²) in [5.74, 6) is -0.239. The highest BCUT2D eigenvalue weighted by molar-refractivity contribution is 6.31. The Morgan fingerprint density at radius 1 is 0.938 bits per heavy atom. The van der Waals surface area contributed by atoms with Gasteiger partial charge in [-0.1, -0.05) is 60.1 Å². The quantitative estimate of drug-likeness (QED) is 0.479. The van der Waals surface area contributed by atoms with Gasteiger partial charge in [-0.15, -0.1) is 0 Å². The van der Waals surface area contributed by atoms with E-state index in [2.05, 4.69) is 10.6 Å².